The molecule has 2 aliphatic heterocycles. The number of ether oxygens (including phenoxy) is 1. The van der Waals surface area contributed by atoms with Crippen LogP contribution in [0.2, 0.25) is 0 Å². The van der Waals surface area contributed by atoms with Crippen molar-refractivity contribution in [2.75, 3.05) is 25.0 Å². The summed E-state index contributed by atoms with van der Waals surface area (Å²) in [5.74, 6) is 4.92. The SMILES string of the molecule is Cc1cc(C[C@@H](OC(=O)N2CCC(N3CCc4ccccc4NC3=O)CC2)C(=O)N=C=C=CN=C=C=O)cc(C)c1O. The molecule has 216 valence electrons. The molecule has 0 aromatic heterocycles. The number of likely N-dealkylation sites (tertiary alicyclic amines) is 1. The van der Waals surface area contributed by atoms with Gasteiger partial charge in [-0.25, -0.2) is 14.4 Å². The van der Waals surface area contributed by atoms with Crippen molar-refractivity contribution in [2.24, 2.45) is 9.98 Å². The van der Waals surface area contributed by atoms with Crippen LogP contribution in [0, 0.1) is 13.8 Å². The molecule has 2 aromatic rings. The molecule has 4 amide bonds. The summed E-state index contributed by atoms with van der Waals surface area (Å²) in [5.41, 5.74) is 6.20. The molecule has 0 aliphatic carbocycles. The molecule has 0 unspecified atom stereocenters. The molecule has 1 saturated heterocycles. The van der Waals surface area contributed by atoms with Crippen LogP contribution in [0.1, 0.15) is 35.1 Å². The van der Waals surface area contributed by atoms with Crippen LogP contribution in [0.3, 0.4) is 0 Å². The number of rotatable bonds is 6. The number of hydrogen-bond acceptors (Lipinski definition) is 7. The molecule has 0 spiro atoms. The second kappa shape index (κ2) is 14.0. The second-order valence-corrected chi connectivity index (χ2v) is 10.1. The Kier molecular flexibility index (Phi) is 9.90. The smallest absolute Gasteiger partial charge is 0.410 e. The molecule has 2 heterocycles. The lowest BCUT2D eigenvalue weighted by Crippen LogP contribution is -2.50. The number of aryl methyl sites for hydroxylation is 2. The van der Waals surface area contributed by atoms with Crippen LogP contribution in [0.15, 0.2) is 58.3 Å². The first-order chi connectivity index (χ1) is 20.3. The minimum Gasteiger partial charge on any atom is -0.507 e. The highest BCUT2D eigenvalue weighted by atomic mass is 16.6. The van der Waals surface area contributed by atoms with Gasteiger partial charge in [-0.15, -0.1) is 0 Å². The van der Waals surface area contributed by atoms with Gasteiger partial charge in [-0.3, -0.25) is 4.79 Å². The summed E-state index contributed by atoms with van der Waals surface area (Å²) in [4.78, 5) is 59.6. The highest BCUT2D eigenvalue weighted by Gasteiger charge is 2.33. The number of aromatic hydroxyl groups is 1. The number of carbonyl (C=O) groups excluding carboxylic acids is 4. The second-order valence-electron chi connectivity index (χ2n) is 10.1. The van der Waals surface area contributed by atoms with Gasteiger partial charge in [0.2, 0.25) is 0 Å². The molecule has 0 bridgehead atoms. The van der Waals surface area contributed by atoms with E-state index in [1.54, 1.807) is 26.0 Å². The highest BCUT2D eigenvalue weighted by Crippen LogP contribution is 2.26. The Balaban J connectivity index is 1.43. The van der Waals surface area contributed by atoms with Gasteiger partial charge in [0.05, 0.1) is 12.1 Å². The number of para-hydroxylation sites is 1. The molecule has 42 heavy (non-hydrogen) atoms. The lowest BCUT2D eigenvalue weighted by atomic mass is 10.0. The van der Waals surface area contributed by atoms with E-state index in [2.05, 4.69) is 26.9 Å². The highest BCUT2D eigenvalue weighted by molar-refractivity contribution is 5.91. The molecule has 2 aliphatic rings. The number of hydrogen-bond donors (Lipinski definition) is 2. The van der Waals surface area contributed by atoms with Crippen molar-refractivity contribution in [3.05, 3.63) is 70.6 Å². The third-order valence-electron chi connectivity index (χ3n) is 7.27. The number of piperidine rings is 1. The van der Waals surface area contributed by atoms with Crippen LogP contribution < -0.4 is 5.32 Å². The normalized spacial score (nSPS) is 15.3. The Morgan fingerprint density at radius 2 is 1.86 bits per heavy atom. The number of fused-ring (bicyclic) bond motifs is 1. The van der Waals surface area contributed by atoms with Gasteiger partial charge >= 0.3 is 12.1 Å². The number of nitrogens with zero attached hydrogens (tertiary/aromatic N) is 4. The van der Waals surface area contributed by atoms with Crippen LogP contribution in [-0.2, 0) is 27.2 Å². The van der Waals surface area contributed by atoms with E-state index in [4.69, 9.17) is 4.74 Å². The molecular weight excluding hydrogens is 538 g/mol. The summed E-state index contributed by atoms with van der Waals surface area (Å²) in [6, 6.07) is 11.0. The van der Waals surface area contributed by atoms with E-state index in [0.29, 0.717) is 49.2 Å². The van der Waals surface area contributed by atoms with Crippen molar-refractivity contribution >= 4 is 41.4 Å². The third kappa shape index (κ3) is 7.52. The molecule has 0 saturated carbocycles. The predicted molar refractivity (Wildman–Crippen MR) is 156 cm³/mol. The Bertz CT molecular complexity index is 1530. The quantitative estimate of drug-likeness (QED) is 0.310. The van der Waals surface area contributed by atoms with Gasteiger partial charge in [-0.2, -0.15) is 9.98 Å². The average molecular weight is 570 g/mol. The lowest BCUT2D eigenvalue weighted by molar-refractivity contribution is -0.126. The Labute approximate surface area is 243 Å². The number of amides is 4. The van der Waals surface area contributed by atoms with Gasteiger partial charge in [-0.1, -0.05) is 30.3 Å². The zero-order valence-corrected chi connectivity index (χ0v) is 23.4. The third-order valence-corrected chi connectivity index (χ3v) is 7.27. The summed E-state index contributed by atoms with van der Waals surface area (Å²) in [7, 11) is 0. The summed E-state index contributed by atoms with van der Waals surface area (Å²) in [6.07, 6.45) is 0.996. The number of nitrogens with one attached hydrogen (secondary N) is 1. The van der Waals surface area contributed by atoms with Gasteiger partial charge in [0, 0.05) is 43.7 Å². The van der Waals surface area contributed by atoms with Gasteiger partial charge in [-0.05, 0) is 67.2 Å². The molecule has 4 rings (SSSR count). The van der Waals surface area contributed by atoms with E-state index < -0.39 is 18.1 Å². The summed E-state index contributed by atoms with van der Waals surface area (Å²) in [5, 5.41) is 13.1. The summed E-state index contributed by atoms with van der Waals surface area (Å²) < 4.78 is 5.65. The maximum absolute atomic E-state index is 13.2. The van der Waals surface area contributed by atoms with Crippen molar-refractivity contribution < 1.29 is 29.0 Å². The fourth-order valence-corrected chi connectivity index (χ4v) is 5.13. The number of anilines is 1. The summed E-state index contributed by atoms with van der Waals surface area (Å²) in [6.45, 7) is 4.76. The fraction of sp³-hybridized carbons (Fsp3) is 0.355. The molecule has 0 radical (unpaired) electrons. The monoisotopic (exact) mass is 569 g/mol. The predicted octanol–water partition coefficient (Wildman–Crippen LogP) is 3.53. The first-order valence-corrected chi connectivity index (χ1v) is 13.6. The molecule has 1 fully saturated rings. The number of phenolic OH excluding ortho intramolecular Hbond substituents is 1. The van der Waals surface area contributed by atoms with Gasteiger partial charge in [0.1, 0.15) is 5.75 Å². The van der Waals surface area contributed by atoms with Crippen molar-refractivity contribution in [1.82, 2.24) is 9.80 Å². The Morgan fingerprint density at radius 1 is 1.14 bits per heavy atom. The maximum atomic E-state index is 13.2. The standard InChI is InChI=1S/C31H31N5O6/c1-21-18-23(19-22(2)28(21)38)20-27(29(39)33-12-5-11-32-13-17-37)42-31(41)35-14-9-25(10-15-35)36-16-8-24-6-3-4-7-26(24)34-30(36)40/h3-4,6-7,11,18-19,25,27,38H,8-10,14-16,20H2,1-2H3,(H,34,40)/t27-/m1/s1. The van der Waals surface area contributed by atoms with Crippen LogP contribution in [0.5, 0.6) is 5.75 Å². The van der Waals surface area contributed by atoms with Crippen LogP contribution >= 0.6 is 0 Å². The van der Waals surface area contributed by atoms with Gasteiger partial charge < -0.3 is 25.0 Å². The molecule has 1 atom stereocenters. The van der Waals surface area contributed by atoms with Crippen molar-refractivity contribution in [3.63, 3.8) is 0 Å². The van der Waals surface area contributed by atoms with Crippen LogP contribution in [0.4, 0.5) is 15.3 Å². The topological polar surface area (TPSA) is 141 Å². The van der Waals surface area contributed by atoms with Crippen molar-refractivity contribution in [1.29, 1.82) is 0 Å². The number of urea groups is 1. The van der Waals surface area contributed by atoms with E-state index in [0.717, 1.165) is 23.9 Å². The lowest BCUT2D eigenvalue weighted by Gasteiger charge is -2.37. The number of carbonyl (C=O) groups is 3. The number of benzene rings is 2. The Hall–Kier alpha value is -5.16. The maximum Gasteiger partial charge on any atom is 0.410 e. The van der Waals surface area contributed by atoms with Crippen LogP contribution in [-0.4, -0.2) is 82.4 Å². The van der Waals surface area contributed by atoms with E-state index in [9.17, 15) is 24.3 Å². The first-order valence-electron chi connectivity index (χ1n) is 13.6. The molecule has 2 aromatic carbocycles. The van der Waals surface area contributed by atoms with Gasteiger partial charge in [0.15, 0.2) is 12.0 Å². The minimum absolute atomic E-state index is 0.0262. The fourth-order valence-electron chi connectivity index (χ4n) is 5.13. The van der Waals surface area contributed by atoms with E-state index in [1.165, 1.54) is 10.8 Å². The number of phenols is 1. The van der Waals surface area contributed by atoms with Crippen molar-refractivity contribution in [3.8, 4) is 5.75 Å². The molecule has 11 heteroatoms. The zero-order chi connectivity index (χ0) is 30.1. The number of aliphatic imine (C=N–C) groups is 2. The van der Waals surface area contributed by atoms with E-state index in [-0.39, 0.29) is 24.2 Å². The largest absolute Gasteiger partial charge is 0.507 e. The van der Waals surface area contributed by atoms with Crippen LogP contribution in [0.25, 0.3) is 0 Å². The molecule has 11 nitrogen and oxygen atoms in total. The molecule has 2 N–H and O–H groups in total. The van der Waals surface area contributed by atoms with E-state index >= 15 is 0 Å². The first kappa shape index (κ1) is 29.8. The molecular formula is C31H31N5O6. The minimum atomic E-state index is -1.26. The van der Waals surface area contributed by atoms with Gasteiger partial charge in [0.25, 0.3) is 5.91 Å². The van der Waals surface area contributed by atoms with Crippen molar-refractivity contribution in [2.45, 2.75) is 51.7 Å². The summed E-state index contributed by atoms with van der Waals surface area (Å²) >= 11 is 0. The van der Waals surface area contributed by atoms with E-state index in [1.807, 2.05) is 35.0 Å². The Morgan fingerprint density at radius 3 is 2.57 bits per heavy atom. The average Bonchev–Trinajstić information content (AvgIpc) is 3.15. The zero-order valence-electron chi connectivity index (χ0n) is 23.4.